The van der Waals surface area contributed by atoms with Gasteiger partial charge in [0.2, 0.25) is 0 Å². The van der Waals surface area contributed by atoms with Crippen molar-refractivity contribution in [3.8, 4) is 0 Å². The number of unbranched alkanes of at least 4 members (excludes halogenated alkanes) is 16. The predicted octanol–water partition coefficient (Wildman–Crippen LogP) is 7.82. The van der Waals surface area contributed by atoms with E-state index in [4.69, 9.17) is 18.5 Å². The maximum atomic E-state index is 11.9. The molecule has 2 atom stereocenters. The standard InChI is InChI=1S/C31H64NO6P/c1-6-7-8-9-10-11-12-13-14-15-16-17-18-19-20-21-22-23-24-25-27-36-29-31(35-5)30-38-39(33,34)37-28-26-32(2,3)4/h13-14,31H,6-12,15-30H2,1-5H3/b14-13-/t31-/m0/s1. The fourth-order valence-corrected chi connectivity index (χ4v) is 4.92. The molecule has 0 amide bonds. The Morgan fingerprint density at radius 3 is 1.67 bits per heavy atom. The monoisotopic (exact) mass is 577 g/mol. The molecule has 0 radical (unpaired) electrons. The number of hydrogen-bond donors (Lipinski definition) is 0. The first-order valence-corrected chi connectivity index (χ1v) is 17.3. The Kier molecular flexibility index (Phi) is 26.4. The van der Waals surface area contributed by atoms with Crippen molar-refractivity contribution in [3.63, 3.8) is 0 Å². The van der Waals surface area contributed by atoms with Crippen LogP contribution in [0.3, 0.4) is 0 Å². The maximum Gasteiger partial charge on any atom is 0.268 e. The number of hydrogen-bond acceptors (Lipinski definition) is 6. The van der Waals surface area contributed by atoms with Crippen LogP contribution in [0.1, 0.15) is 122 Å². The van der Waals surface area contributed by atoms with Crippen LogP contribution in [0.5, 0.6) is 0 Å². The van der Waals surface area contributed by atoms with Crippen LogP contribution in [0.2, 0.25) is 0 Å². The van der Waals surface area contributed by atoms with Crippen LogP contribution in [-0.2, 0) is 23.1 Å². The lowest BCUT2D eigenvalue weighted by Gasteiger charge is -2.28. The minimum Gasteiger partial charge on any atom is -0.756 e. The van der Waals surface area contributed by atoms with Gasteiger partial charge in [0.15, 0.2) is 0 Å². The molecule has 0 aromatic heterocycles. The largest absolute Gasteiger partial charge is 0.756 e. The van der Waals surface area contributed by atoms with E-state index in [2.05, 4.69) is 19.1 Å². The second-order valence-corrected chi connectivity index (χ2v) is 13.3. The summed E-state index contributed by atoms with van der Waals surface area (Å²) in [6, 6.07) is 0. The first-order valence-electron chi connectivity index (χ1n) is 15.9. The Hall–Kier alpha value is -0.270. The van der Waals surface area contributed by atoms with Gasteiger partial charge in [-0.1, -0.05) is 103 Å². The Morgan fingerprint density at radius 1 is 0.692 bits per heavy atom. The van der Waals surface area contributed by atoms with Crippen molar-refractivity contribution < 1.29 is 32.5 Å². The van der Waals surface area contributed by atoms with E-state index in [1.54, 1.807) is 0 Å². The molecular formula is C31H64NO6P. The number of nitrogens with zero attached hydrogens (tertiary/aromatic N) is 1. The van der Waals surface area contributed by atoms with Gasteiger partial charge in [-0.05, 0) is 32.1 Å². The summed E-state index contributed by atoms with van der Waals surface area (Å²) in [5.74, 6) is 0. The molecule has 8 heteroatoms. The fraction of sp³-hybridized carbons (Fsp3) is 0.935. The summed E-state index contributed by atoms with van der Waals surface area (Å²) >= 11 is 0. The van der Waals surface area contributed by atoms with Crippen molar-refractivity contribution in [2.75, 3.05) is 61.2 Å². The topological polar surface area (TPSA) is 77.1 Å². The van der Waals surface area contributed by atoms with Gasteiger partial charge in [-0.2, -0.15) is 0 Å². The molecule has 0 bridgehead atoms. The van der Waals surface area contributed by atoms with Crippen molar-refractivity contribution in [2.24, 2.45) is 0 Å². The molecule has 0 rings (SSSR count). The van der Waals surface area contributed by atoms with Crippen LogP contribution in [0.15, 0.2) is 12.2 Å². The number of rotatable bonds is 30. The molecule has 0 saturated carbocycles. The number of allylic oxidation sites excluding steroid dienone is 2. The van der Waals surface area contributed by atoms with Crippen LogP contribution in [0, 0.1) is 0 Å². The van der Waals surface area contributed by atoms with Gasteiger partial charge in [-0.15, -0.1) is 0 Å². The summed E-state index contributed by atoms with van der Waals surface area (Å²) in [6.07, 6.45) is 28.0. The summed E-state index contributed by atoms with van der Waals surface area (Å²) in [4.78, 5) is 11.9. The third-order valence-electron chi connectivity index (χ3n) is 6.87. The number of quaternary nitrogens is 1. The van der Waals surface area contributed by atoms with Gasteiger partial charge in [0.1, 0.15) is 19.3 Å². The average Bonchev–Trinajstić information content (AvgIpc) is 2.88. The van der Waals surface area contributed by atoms with Crippen molar-refractivity contribution in [1.82, 2.24) is 0 Å². The molecule has 7 nitrogen and oxygen atoms in total. The summed E-state index contributed by atoms with van der Waals surface area (Å²) in [5.41, 5.74) is 0. The normalized spacial score (nSPS) is 14.7. The lowest BCUT2D eigenvalue weighted by atomic mass is 10.1. The Bertz CT molecular complexity index is 596. The average molecular weight is 578 g/mol. The van der Waals surface area contributed by atoms with E-state index in [0.29, 0.717) is 24.2 Å². The number of ether oxygens (including phenoxy) is 2. The Labute approximate surface area is 242 Å². The highest BCUT2D eigenvalue weighted by atomic mass is 31.2. The van der Waals surface area contributed by atoms with Gasteiger partial charge < -0.3 is 27.9 Å². The predicted molar refractivity (Wildman–Crippen MR) is 162 cm³/mol. The molecule has 0 aliphatic carbocycles. The van der Waals surface area contributed by atoms with Crippen LogP contribution >= 0.6 is 7.82 Å². The van der Waals surface area contributed by atoms with Crippen LogP contribution in [0.4, 0.5) is 0 Å². The van der Waals surface area contributed by atoms with E-state index in [1.165, 1.54) is 110 Å². The van der Waals surface area contributed by atoms with Gasteiger partial charge in [0.25, 0.3) is 7.82 Å². The molecule has 0 spiro atoms. The Balaban J connectivity index is 3.46. The molecule has 0 saturated heterocycles. The number of phosphoric acid groups is 1. The van der Waals surface area contributed by atoms with Crippen LogP contribution in [-0.4, -0.2) is 71.8 Å². The molecule has 0 fully saturated rings. The number of methoxy groups -OCH3 is 1. The van der Waals surface area contributed by atoms with E-state index in [1.807, 2.05) is 21.1 Å². The molecule has 0 heterocycles. The molecule has 39 heavy (non-hydrogen) atoms. The zero-order valence-electron chi connectivity index (χ0n) is 26.3. The quantitative estimate of drug-likeness (QED) is 0.0375. The third-order valence-corrected chi connectivity index (χ3v) is 7.83. The number of likely N-dealkylation sites (N-methyl/N-ethyl adjacent to an activating group) is 1. The second-order valence-electron chi connectivity index (χ2n) is 11.9. The highest BCUT2D eigenvalue weighted by molar-refractivity contribution is 7.45. The molecular weight excluding hydrogens is 513 g/mol. The van der Waals surface area contributed by atoms with Crippen LogP contribution < -0.4 is 4.89 Å². The molecule has 0 aromatic carbocycles. The molecule has 0 N–H and O–H groups in total. The SMILES string of the molecule is CCCCCCCC/C=C\CCCCCCCCCCCCOC[C@@H](COP(=O)([O-])OCC[N+](C)(C)C)OC. The van der Waals surface area contributed by atoms with Gasteiger partial charge in [-0.25, -0.2) is 0 Å². The molecule has 0 aliphatic heterocycles. The zero-order chi connectivity index (χ0) is 29.1. The van der Waals surface area contributed by atoms with Gasteiger partial charge in [0, 0.05) is 13.7 Å². The second kappa shape index (κ2) is 26.6. The summed E-state index contributed by atoms with van der Waals surface area (Å²) in [5, 5.41) is 0. The van der Waals surface area contributed by atoms with E-state index in [9.17, 15) is 9.46 Å². The first kappa shape index (κ1) is 38.7. The number of phosphoric ester groups is 1. The van der Waals surface area contributed by atoms with Gasteiger partial charge in [0.05, 0.1) is 34.4 Å². The van der Waals surface area contributed by atoms with Crippen molar-refractivity contribution in [3.05, 3.63) is 12.2 Å². The van der Waals surface area contributed by atoms with E-state index in [0.717, 1.165) is 12.8 Å². The van der Waals surface area contributed by atoms with E-state index < -0.39 is 13.9 Å². The minimum absolute atomic E-state index is 0.0929. The Morgan fingerprint density at radius 2 is 1.18 bits per heavy atom. The third kappa shape index (κ3) is 30.5. The van der Waals surface area contributed by atoms with Crippen molar-refractivity contribution >= 4 is 7.82 Å². The van der Waals surface area contributed by atoms with Gasteiger partial charge in [-0.3, -0.25) is 4.57 Å². The van der Waals surface area contributed by atoms with E-state index >= 15 is 0 Å². The lowest BCUT2D eigenvalue weighted by molar-refractivity contribution is -0.870. The lowest BCUT2D eigenvalue weighted by Crippen LogP contribution is -2.37. The molecule has 0 aliphatic rings. The highest BCUT2D eigenvalue weighted by Gasteiger charge is 2.16. The molecule has 234 valence electrons. The van der Waals surface area contributed by atoms with Crippen LogP contribution in [0.25, 0.3) is 0 Å². The van der Waals surface area contributed by atoms with Crippen molar-refractivity contribution in [2.45, 2.75) is 129 Å². The van der Waals surface area contributed by atoms with Crippen molar-refractivity contribution in [1.29, 1.82) is 0 Å². The highest BCUT2D eigenvalue weighted by Crippen LogP contribution is 2.38. The maximum absolute atomic E-state index is 11.9. The minimum atomic E-state index is -4.33. The van der Waals surface area contributed by atoms with E-state index in [-0.39, 0.29) is 13.2 Å². The summed E-state index contributed by atoms with van der Waals surface area (Å²) < 4.78 is 33.3. The summed E-state index contributed by atoms with van der Waals surface area (Å²) in [6.45, 7) is 3.81. The summed E-state index contributed by atoms with van der Waals surface area (Å²) in [7, 11) is 3.11. The smallest absolute Gasteiger partial charge is 0.268 e. The van der Waals surface area contributed by atoms with Gasteiger partial charge >= 0.3 is 0 Å². The molecule has 0 aromatic rings. The molecule has 1 unspecified atom stereocenters. The fourth-order valence-electron chi connectivity index (χ4n) is 4.20. The zero-order valence-corrected chi connectivity index (χ0v) is 27.2. The first-order chi connectivity index (χ1) is 18.7.